The standard InChI is InChI=1S/C12H21FO9/c13-7-1-4(16)11(6(3-15)20-7)22-12-10(19)9(18)8(17)5(2-14)21-12/h4-12,14-19H,1-3H2/t4-,5-,6-,7-,8-,9+,10-,11+,12+/m1/s1. The van der Waals surface area contributed by atoms with E-state index in [4.69, 9.17) is 24.4 Å². The summed E-state index contributed by atoms with van der Waals surface area (Å²) in [4.78, 5) is 0. The molecule has 0 unspecified atom stereocenters. The quantitative estimate of drug-likeness (QED) is 0.310. The molecule has 9 atom stereocenters. The molecular weight excluding hydrogens is 307 g/mol. The summed E-state index contributed by atoms with van der Waals surface area (Å²) in [6, 6.07) is 0. The van der Waals surface area contributed by atoms with Crippen LogP contribution in [0.1, 0.15) is 6.42 Å². The minimum absolute atomic E-state index is 0.390. The summed E-state index contributed by atoms with van der Waals surface area (Å²) in [6.45, 7) is -1.27. The molecule has 0 amide bonds. The fraction of sp³-hybridized carbons (Fsp3) is 1.00. The predicted octanol–water partition coefficient (Wildman–Crippen LogP) is -3.39. The van der Waals surface area contributed by atoms with Crippen molar-refractivity contribution in [3.8, 4) is 0 Å². The minimum Gasteiger partial charge on any atom is -0.394 e. The Hall–Kier alpha value is -0.430. The Kier molecular flexibility index (Phi) is 6.05. The van der Waals surface area contributed by atoms with Gasteiger partial charge in [-0.1, -0.05) is 0 Å². The number of rotatable bonds is 4. The van der Waals surface area contributed by atoms with E-state index >= 15 is 0 Å². The third-order valence-corrected chi connectivity index (χ3v) is 3.81. The van der Waals surface area contributed by atoms with Gasteiger partial charge in [-0.25, -0.2) is 4.39 Å². The van der Waals surface area contributed by atoms with Gasteiger partial charge in [-0.05, 0) is 0 Å². The molecule has 0 aromatic heterocycles. The van der Waals surface area contributed by atoms with E-state index in [2.05, 4.69) is 0 Å². The van der Waals surface area contributed by atoms with Crippen molar-refractivity contribution >= 4 is 0 Å². The number of aliphatic hydroxyl groups is 6. The first kappa shape index (κ1) is 17.9. The highest BCUT2D eigenvalue weighted by atomic mass is 19.1. The fourth-order valence-corrected chi connectivity index (χ4v) is 2.55. The number of ether oxygens (including phenoxy) is 3. The van der Waals surface area contributed by atoms with E-state index in [1.54, 1.807) is 0 Å². The molecule has 10 heteroatoms. The molecule has 2 rings (SSSR count). The van der Waals surface area contributed by atoms with Crippen LogP contribution in [0.5, 0.6) is 0 Å². The molecule has 22 heavy (non-hydrogen) atoms. The van der Waals surface area contributed by atoms with Gasteiger partial charge in [-0.15, -0.1) is 0 Å². The van der Waals surface area contributed by atoms with Crippen LogP contribution in [0.2, 0.25) is 0 Å². The van der Waals surface area contributed by atoms with E-state index in [0.29, 0.717) is 0 Å². The van der Waals surface area contributed by atoms with Crippen molar-refractivity contribution in [2.75, 3.05) is 13.2 Å². The van der Waals surface area contributed by atoms with E-state index in [1.165, 1.54) is 0 Å². The Balaban J connectivity index is 2.07. The SMILES string of the molecule is OC[C@H]1O[C@@H](O[C@H]2[C@H](O)C[C@H](F)O[C@@H]2CO)[C@H](O)[C@@H](O)[C@@H]1O. The second-order valence-corrected chi connectivity index (χ2v) is 5.37. The average molecular weight is 328 g/mol. The molecule has 6 N–H and O–H groups in total. The number of alkyl halides is 1. The van der Waals surface area contributed by atoms with Gasteiger partial charge >= 0.3 is 0 Å². The third-order valence-electron chi connectivity index (χ3n) is 3.81. The molecule has 2 aliphatic rings. The topological polar surface area (TPSA) is 149 Å². The lowest BCUT2D eigenvalue weighted by molar-refractivity contribution is -0.338. The lowest BCUT2D eigenvalue weighted by Crippen LogP contribution is -2.61. The Bertz CT molecular complexity index is 357. The summed E-state index contributed by atoms with van der Waals surface area (Å²) < 4.78 is 28.4. The lowest BCUT2D eigenvalue weighted by atomic mass is 9.98. The molecular formula is C12H21FO9. The first-order chi connectivity index (χ1) is 10.4. The highest BCUT2D eigenvalue weighted by Crippen LogP contribution is 2.28. The van der Waals surface area contributed by atoms with Crippen LogP contribution in [-0.4, -0.2) is 99.2 Å². The van der Waals surface area contributed by atoms with E-state index in [-0.39, 0.29) is 0 Å². The normalized spacial score (nSPS) is 50.0. The second kappa shape index (κ2) is 7.43. The summed E-state index contributed by atoms with van der Waals surface area (Å²) in [5.74, 6) is 0. The summed E-state index contributed by atoms with van der Waals surface area (Å²) in [5.41, 5.74) is 0. The van der Waals surface area contributed by atoms with Crippen LogP contribution < -0.4 is 0 Å². The van der Waals surface area contributed by atoms with E-state index in [0.717, 1.165) is 0 Å². The summed E-state index contributed by atoms with van der Waals surface area (Å²) >= 11 is 0. The van der Waals surface area contributed by atoms with Crippen LogP contribution in [0, 0.1) is 0 Å². The zero-order chi connectivity index (χ0) is 16.4. The van der Waals surface area contributed by atoms with Crippen LogP contribution in [0.4, 0.5) is 4.39 Å². The summed E-state index contributed by atoms with van der Waals surface area (Å²) in [6.07, 6.45) is -13.4. The van der Waals surface area contributed by atoms with Crippen LogP contribution in [0.25, 0.3) is 0 Å². The van der Waals surface area contributed by atoms with Crippen molar-refractivity contribution in [3.63, 3.8) is 0 Å². The molecule has 130 valence electrons. The predicted molar refractivity (Wildman–Crippen MR) is 66.1 cm³/mol. The molecule has 0 aromatic rings. The van der Waals surface area contributed by atoms with Crippen LogP contribution in [0.15, 0.2) is 0 Å². The molecule has 0 radical (unpaired) electrons. The van der Waals surface area contributed by atoms with Crippen LogP contribution in [0.3, 0.4) is 0 Å². The van der Waals surface area contributed by atoms with E-state index in [9.17, 15) is 24.8 Å². The van der Waals surface area contributed by atoms with Crippen molar-refractivity contribution < 1.29 is 49.2 Å². The van der Waals surface area contributed by atoms with Gasteiger partial charge in [0.25, 0.3) is 0 Å². The van der Waals surface area contributed by atoms with Gasteiger partial charge in [0.2, 0.25) is 6.36 Å². The fourth-order valence-electron chi connectivity index (χ4n) is 2.55. The Morgan fingerprint density at radius 3 is 2.14 bits per heavy atom. The summed E-state index contributed by atoms with van der Waals surface area (Å²) in [7, 11) is 0. The number of aliphatic hydroxyl groups excluding tert-OH is 6. The lowest BCUT2D eigenvalue weighted by Gasteiger charge is -2.43. The van der Waals surface area contributed by atoms with Crippen molar-refractivity contribution in [2.45, 2.75) is 61.8 Å². The zero-order valence-electron chi connectivity index (χ0n) is 11.6. The van der Waals surface area contributed by atoms with Gasteiger partial charge in [0.05, 0.1) is 19.3 Å². The van der Waals surface area contributed by atoms with Crippen LogP contribution >= 0.6 is 0 Å². The van der Waals surface area contributed by atoms with E-state index < -0.39 is 75.0 Å². The molecule has 2 saturated heterocycles. The average Bonchev–Trinajstić information content (AvgIpc) is 2.49. The zero-order valence-corrected chi connectivity index (χ0v) is 11.6. The highest BCUT2D eigenvalue weighted by Gasteiger charge is 2.47. The Morgan fingerprint density at radius 2 is 1.55 bits per heavy atom. The molecule has 0 aromatic carbocycles. The molecule has 0 spiro atoms. The maximum absolute atomic E-state index is 13.2. The van der Waals surface area contributed by atoms with Gasteiger partial charge in [0.15, 0.2) is 6.29 Å². The molecule has 2 heterocycles. The van der Waals surface area contributed by atoms with Crippen molar-refractivity contribution in [1.82, 2.24) is 0 Å². The Labute approximate surface area is 125 Å². The molecule has 0 aliphatic carbocycles. The highest BCUT2D eigenvalue weighted by molar-refractivity contribution is 4.91. The van der Waals surface area contributed by atoms with Crippen molar-refractivity contribution in [3.05, 3.63) is 0 Å². The number of hydrogen-bond donors (Lipinski definition) is 6. The smallest absolute Gasteiger partial charge is 0.201 e. The molecule has 9 nitrogen and oxygen atoms in total. The van der Waals surface area contributed by atoms with E-state index in [1.807, 2.05) is 0 Å². The van der Waals surface area contributed by atoms with Gasteiger partial charge in [-0.3, -0.25) is 0 Å². The largest absolute Gasteiger partial charge is 0.394 e. The molecule has 0 bridgehead atoms. The molecule has 2 aliphatic heterocycles. The van der Waals surface area contributed by atoms with Gasteiger partial charge < -0.3 is 44.8 Å². The van der Waals surface area contributed by atoms with Crippen molar-refractivity contribution in [1.29, 1.82) is 0 Å². The first-order valence-electron chi connectivity index (χ1n) is 6.93. The monoisotopic (exact) mass is 328 g/mol. The summed E-state index contributed by atoms with van der Waals surface area (Å²) in [5, 5.41) is 57.2. The maximum Gasteiger partial charge on any atom is 0.201 e. The Morgan fingerprint density at radius 1 is 0.909 bits per heavy atom. The van der Waals surface area contributed by atoms with Gasteiger partial charge in [0.1, 0.15) is 36.6 Å². The number of hydrogen-bond acceptors (Lipinski definition) is 9. The molecule has 0 saturated carbocycles. The van der Waals surface area contributed by atoms with Crippen LogP contribution in [-0.2, 0) is 14.2 Å². The maximum atomic E-state index is 13.2. The second-order valence-electron chi connectivity index (χ2n) is 5.37. The van der Waals surface area contributed by atoms with Crippen molar-refractivity contribution in [2.24, 2.45) is 0 Å². The molecule has 2 fully saturated rings. The minimum atomic E-state index is -1.76. The number of halogens is 1. The first-order valence-corrected chi connectivity index (χ1v) is 6.93. The van der Waals surface area contributed by atoms with Gasteiger partial charge in [-0.2, -0.15) is 0 Å². The third kappa shape index (κ3) is 3.55. The van der Waals surface area contributed by atoms with Gasteiger partial charge in [0, 0.05) is 6.42 Å².